The Morgan fingerprint density at radius 3 is 2.82 bits per heavy atom. The van der Waals surface area contributed by atoms with Crippen LogP contribution in [0.15, 0.2) is 61.2 Å². The molecule has 0 spiro atoms. The van der Waals surface area contributed by atoms with Gasteiger partial charge in [-0.2, -0.15) is 14.7 Å². The molecule has 0 radical (unpaired) electrons. The number of anilines is 1. The molecule has 7 heteroatoms. The van der Waals surface area contributed by atoms with Crippen LogP contribution in [0.2, 0.25) is 0 Å². The van der Waals surface area contributed by atoms with E-state index in [1.54, 1.807) is 0 Å². The second-order valence-electron chi connectivity index (χ2n) is 7.18. The van der Waals surface area contributed by atoms with Crippen molar-refractivity contribution in [2.45, 2.75) is 25.4 Å². The molecule has 7 nitrogen and oxygen atoms in total. The predicted octanol–water partition coefficient (Wildman–Crippen LogP) is 2.60. The van der Waals surface area contributed by atoms with Crippen molar-refractivity contribution >= 4 is 11.5 Å². The van der Waals surface area contributed by atoms with Gasteiger partial charge in [-0.25, -0.2) is 4.98 Å². The van der Waals surface area contributed by atoms with Crippen LogP contribution in [-0.2, 0) is 6.54 Å². The number of benzene rings is 1. The van der Waals surface area contributed by atoms with E-state index in [1.807, 2.05) is 58.3 Å². The zero-order valence-corrected chi connectivity index (χ0v) is 15.5. The van der Waals surface area contributed by atoms with E-state index in [-0.39, 0.29) is 12.6 Å². The second-order valence-corrected chi connectivity index (χ2v) is 7.18. The average Bonchev–Trinajstić information content (AvgIpc) is 3.47. The largest absolute Gasteiger partial charge is 0.394 e. The van der Waals surface area contributed by atoms with Crippen LogP contribution < -0.4 is 4.90 Å². The zero-order chi connectivity index (χ0) is 18.9. The Morgan fingerprint density at radius 1 is 1.07 bits per heavy atom. The zero-order valence-electron chi connectivity index (χ0n) is 15.5. The molecule has 1 N–H and O–H groups in total. The van der Waals surface area contributed by atoms with E-state index >= 15 is 0 Å². The van der Waals surface area contributed by atoms with Gasteiger partial charge < -0.3 is 10.0 Å². The number of nitrogens with zero attached hydrogens (tertiary/aromatic N) is 6. The van der Waals surface area contributed by atoms with Gasteiger partial charge in [0.1, 0.15) is 5.82 Å². The summed E-state index contributed by atoms with van der Waals surface area (Å²) in [5.41, 5.74) is 3.97. The van der Waals surface area contributed by atoms with Crippen LogP contribution in [0, 0.1) is 0 Å². The van der Waals surface area contributed by atoms with Gasteiger partial charge in [0, 0.05) is 30.1 Å². The van der Waals surface area contributed by atoms with E-state index in [4.69, 9.17) is 0 Å². The monoisotopic (exact) mass is 374 g/mol. The molecule has 1 aromatic carbocycles. The van der Waals surface area contributed by atoms with Gasteiger partial charge in [0.2, 0.25) is 0 Å². The number of hydrogen-bond donors (Lipinski definition) is 1. The number of aliphatic hydroxyl groups is 1. The molecule has 1 saturated heterocycles. The van der Waals surface area contributed by atoms with Crippen LogP contribution in [0.1, 0.15) is 18.4 Å². The van der Waals surface area contributed by atoms with E-state index < -0.39 is 0 Å². The Labute approximate surface area is 162 Å². The molecule has 0 amide bonds. The van der Waals surface area contributed by atoms with Crippen molar-refractivity contribution in [3.63, 3.8) is 0 Å². The van der Waals surface area contributed by atoms with Crippen molar-refractivity contribution in [3.05, 3.63) is 66.7 Å². The fourth-order valence-corrected chi connectivity index (χ4v) is 3.99. The third-order valence-electron chi connectivity index (χ3n) is 5.40. The van der Waals surface area contributed by atoms with Crippen LogP contribution in [0.5, 0.6) is 0 Å². The summed E-state index contributed by atoms with van der Waals surface area (Å²) in [4.78, 5) is 6.79. The summed E-state index contributed by atoms with van der Waals surface area (Å²) < 4.78 is 3.80. The van der Waals surface area contributed by atoms with Crippen LogP contribution in [0.3, 0.4) is 0 Å². The number of aromatic nitrogens is 5. The maximum absolute atomic E-state index is 9.68. The van der Waals surface area contributed by atoms with E-state index in [2.05, 4.69) is 32.2 Å². The number of hydrogen-bond acceptors (Lipinski definition) is 5. The van der Waals surface area contributed by atoms with Gasteiger partial charge in [0.05, 0.1) is 31.6 Å². The van der Waals surface area contributed by atoms with Gasteiger partial charge in [-0.05, 0) is 24.5 Å². The van der Waals surface area contributed by atoms with Crippen molar-refractivity contribution in [2.24, 2.45) is 0 Å². The summed E-state index contributed by atoms with van der Waals surface area (Å²) in [5, 5.41) is 18.8. The highest BCUT2D eigenvalue weighted by Gasteiger charge is 2.26. The maximum Gasteiger partial charge on any atom is 0.165 e. The molecule has 5 rings (SSSR count). The van der Waals surface area contributed by atoms with Gasteiger partial charge in [-0.1, -0.05) is 30.3 Å². The van der Waals surface area contributed by atoms with Crippen molar-refractivity contribution in [3.8, 4) is 11.1 Å². The van der Waals surface area contributed by atoms with Gasteiger partial charge in [0.25, 0.3) is 0 Å². The summed E-state index contributed by atoms with van der Waals surface area (Å²) >= 11 is 0. The number of rotatable bonds is 5. The van der Waals surface area contributed by atoms with Gasteiger partial charge in [0.15, 0.2) is 5.65 Å². The average molecular weight is 374 g/mol. The van der Waals surface area contributed by atoms with Gasteiger partial charge in [-0.3, -0.25) is 4.68 Å². The molecule has 28 heavy (non-hydrogen) atoms. The summed E-state index contributed by atoms with van der Waals surface area (Å²) in [6.07, 6.45) is 9.64. The molecule has 0 bridgehead atoms. The Morgan fingerprint density at radius 2 is 1.96 bits per heavy atom. The fourth-order valence-electron chi connectivity index (χ4n) is 3.99. The predicted molar refractivity (Wildman–Crippen MR) is 107 cm³/mol. The number of aliphatic hydroxyl groups excluding tert-OH is 1. The third-order valence-corrected chi connectivity index (χ3v) is 5.40. The first-order valence-corrected chi connectivity index (χ1v) is 9.60. The Hall–Kier alpha value is -3.19. The van der Waals surface area contributed by atoms with Crippen LogP contribution in [0.4, 0.5) is 5.82 Å². The van der Waals surface area contributed by atoms with Crippen LogP contribution in [0.25, 0.3) is 16.8 Å². The highest BCUT2D eigenvalue weighted by molar-refractivity contribution is 5.77. The summed E-state index contributed by atoms with van der Waals surface area (Å²) in [6.45, 7) is 1.81. The highest BCUT2D eigenvalue weighted by atomic mass is 16.3. The minimum absolute atomic E-state index is 0.145. The topological polar surface area (TPSA) is 71.5 Å². The van der Waals surface area contributed by atoms with Crippen molar-refractivity contribution in [2.75, 3.05) is 18.1 Å². The minimum atomic E-state index is 0.145. The van der Waals surface area contributed by atoms with E-state index in [0.717, 1.165) is 48.5 Å². The van der Waals surface area contributed by atoms with E-state index in [1.165, 1.54) is 5.56 Å². The minimum Gasteiger partial charge on any atom is -0.394 e. The highest BCUT2D eigenvalue weighted by Crippen LogP contribution is 2.29. The Kier molecular flexibility index (Phi) is 4.29. The first-order chi connectivity index (χ1) is 13.8. The summed E-state index contributed by atoms with van der Waals surface area (Å²) in [5.74, 6) is 0.976. The van der Waals surface area contributed by atoms with Crippen molar-refractivity contribution in [1.82, 2.24) is 24.4 Å². The molecule has 1 aliphatic rings. The maximum atomic E-state index is 9.68. The third kappa shape index (κ3) is 2.93. The van der Waals surface area contributed by atoms with Crippen molar-refractivity contribution < 1.29 is 5.11 Å². The Bertz CT molecular complexity index is 1090. The summed E-state index contributed by atoms with van der Waals surface area (Å²) in [6, 6.07) is 12.4. The lowest BCUT2D eigenvalue weighted by Crippen LogP contribution is -2.33. The quantitative estimate of drug-likeness (QED) is 0.581. The molecular formula is C21H22N6O. The SMILES string of the molecule is OC[C@@H]1CCCN1c1ccnc2c(-c3cnn(Cc4ccccc4)c3)cnn12. The van der Waals surface area contributed by atoms with Crippen LogP contribution in [-0.4, -0.2) is 48.7 Å². The normalized spacial score (nSPS) is 16.9. The molecule has 4 heterocycles. The van der Waals surface area contributed by atoms with E-state index in [9.17, 15) is 5.11 Å². The lowest BCUT2D eigenvalue weighted by atomic mass is 10.2. The molecule has 3 aromatic heterocycles. The molecule has 4 aromatic rings. The fraction of sp³-hybridized carbons (Fsp3) is 0.286. The standard InChI is InChI=1S/C21H22N6O/c28-15-18-7-4-10-26(18)20-8-9-22-21-19(12-24-27(20)21)17-11-23-25(14-17)13-16-5-2-1-3-6-16/h1-3,5-6,8-9,11-12,14,18,28H,4,7,10,13,15H2/t18-/m0/s1. The molecule has 0 saturated carbocycles. The first kappa shape index (κ1) is 16.9. The van der Waals surface area contributed by atoms with Crippen molar-refractivity contribution in [1.29, 1.82) is 0 Å². The molecule has 142 valence electrons. The molecule has 0 unspecified atom stereocenters. The van der Waals surface area contributed by atoms with Crippen LogP contribution >= 0.6 is 0 Å². The van der Waals surface area contributed by atoms with Gasteiger partial charge >= 0.3 is 0 Å². The summed E-state index contributed by atoms with van der Waals surface area (Å²) in [7, 11) is 0. The molecule has 1 aliphatic heterocycles. The molecular weight excluding hydrogens is 352 g/mol. The molecule has 1 fully saturated rings. The van der Waals surface area contributed by atoms with Gasteiger partial charge in [-0.15, -0.1) is 0 Å². The molecule has 1 atom stereocenters. The number of fused-ring (bicyclic) bond motifs is 1. The molecule has 0 aliphatic carbocycles. The lowest BCUT2D eigenvalue weighted by Gasteiger charge is -2.25. The Balaban J connectivity index is 1.48. The first-order valence-electron chi connectivity index (χ1n) is 9.60. The second kappa shape index (κ2) is 7.09. The smallest absolute Gasteiger partial charge is 0.165 e. The lowest BCUT2D eigenvalue weighted by molar-refractivity contribution is 0.265. The van der Waals surface area contributed by atoms with E-state index in [0.29, 0.717) is 0 Å².